The lowest BCUT2D eigenvalue weighted by molar-refractivity contribution is 0.387. The molecule has 2 aromatic carbocycles. The summed E-state index contributed by atoms with van der Waals surface area (Å²) in [5.74, 6) is 0. The van der Waals surface area contributed by atoms with E-state index < -0.39 is 9.84 Å². The van der Waals surface area contributed by atoms with Crippen molar-refractivity contribution in [1.29, 1.82) is 0 Å². The van der Waals surface area contributed by atoms with Crippen LogP contribution in [0.25, 0.3) is 22.0 Å². The SMILES string of the molecule is CN(C)CCn1ccc2ccc(-c3ccc(S(C)(=O)=O)cc3)cc21. The largest absolute Gasteiger partial charge is 0.346 e. The van der Waals surface area contributed by atoms with Gasteiger partial charge in [0.05, 0.1) is 4.90 Å². The summed E-state index contributed by atoms with van der Waals surface area (Å²) in [6.45, 7) is 1.92. The molecule has 5 heteroatoms. The Morgan fingerprint density at radius 2 is 1.62 bits per heavy atom. The summed E-state index contributed by atoms with van der Waals surface area (Å²) in [5.41, 5.74) is 3.30. The number of sulfone groups is 1. The molecule has 0 N–H and O–H groups in total. The van der Waals surface area contributed by atoms with E-state index in [1.54, 1.807) is 12.1 Å². The van der Waals surface area contributed by atoms with E-state index in [1.807, 2.05) is 12.1 Å². The standard InChI is InChI=1S/C19H22N2O2S/c1-20(2)12-13-21-11-10-16-4-5-17(14-19(16)21)15-6-8-18(9-7-15)24(3,22)23/h4-11,14H,12-13H2,1-3H3. The first-order valence-electron chi connectivity index (χ1n) is 7.89. The molecule has 0 aliphatic heterocycles. The van der Waals surface area contributed by atoms with Gasteiger partial charge in [0, 0.05) is 31.1 Å². The van der Waals surface area contributed by atoms with Gasteiger partial charge in [-0.05, 0) is 54.9 Å². The summed E-state index contributed by atoms with van der Waals surface area (Å²) in [4.78, 5) is 2.52. The maximum Gasteiger partial charge on any atom is 0.175 e. The fourth-order valence-electron chi connectivity index (χ4n) is 2.76. The van der Waals surface area contributed by atoms with E-state index in [4.69, 9.17) is 0 Å². The number of rotatable bonds is 5. The van der Waals surface area contributed by atoms with Crippen LogP contribution in [0.3, 0.4) is 0 Å². The molecule has 0 unspecified atom stereocenters. The van der Waals surface area contributed by atoms with E-state index in [0.29, 0.717) is 4.90 Å². The molecular weight excluding hydrogens is 320 g/mol. The van der Waals surface area contributed by atoms with Crippen molar-refractivity contribution in [2.45, 2.75) is 11.4 Å². The molecule has 3 aromatic rings. The lowest BCUT2D eigenvalue weighted by atomic mass is 10.0. The fraction of sp³-hybridized carbons (Fsp3) is 0.263. The highest BCUT2D eigenvalue weighted by molar-refractivity contribution is 7.90. The first kappa shape index (κ1) is 16.7. The molecule has 0 saturated heterocycles. The molecule has 3 rings (SSSR count). The van der Waals surface area contributed by atoms with Crippen molar-refractivity contribution in [3.8, 4) is 11.1 Å². The van der Waals surface area contributed by atoms with Gasteiger partial charge in [-0.25, -0.2) is 8.42 Å². The van der Waals surface area contributed by atoms with Crippen molar-refractivity contribution >= 4 is 20.7 Å². The minimum Gasteiger partial charge on any atom is -0.346 e. The number of benzene rings is 2. The van der Waals surface area contributed by atoms with Crippen molar-refractivity contribution in [1.82, 2.24) is 9.47 Å². The molecule has 0 aliphatic carbocycles. The number of fused-ring (bicyclic) bond motifs is 1. The lowest BCUT2D eigenvalue weighted by Gasteiger charge is -2.12. The third-order valence-electron chi connectivity index (χ3n) is 4.18. The van der Waals surface area contributed by atoms with Crippen molar-refractivity contribution < 1.29 is 8.42 Å². The summed E-state index contributed by atoms with van der Waals surface area (Å²) >= 11 is 0. The van der Waals surface area contributed by atoms with Crippen LogP contribution < -0.4 is 0 Å². The van der Waals surface area contributed by atoms with Gasteiger partial charge in [0.1, 0.15) is 0 Å². The van der Waals surface area contributed by atoms with E-state index in [0.717, 1.165) is 24.2 Å². The van der Waals surface area contributed by atoms with Crippen LogP contribution in [0.5, 0.6) is 0 Å². The Morgan fingerprint density at radius 3 is 2.25 bits per heavy atom. The number of hydrogen-bond acceptors (Lipinski definition) is 3. The predicted molar refractivity (Wildman–Crippen MR) is 99.0 cm³/mol. The lowest BCUT2D eigenvalue weighted by Crippen LogP contribution is -2.17. The average molecular weight is 342 g/mol. The smallest absolute Gasteiger partial charge is 0.175 e. The zero-order valence-electron chi connectivity index (χ0n) is 14.2. The molecule has 126 valence electrons. The van der Waals surface area contributed by atoms with E-state index in [2.05, 4.69) is 54.0 Å². The van der Waals surface area contributed by atoms with Gasteiger partial charge in [0.15, 0.2) is 9.84 Å². The van der Waals surface area contributed by atoms with E-state index in [-0.39, 0.29) is 0 Å². The van der Waals surface area contributed by atoms with Crippen LogP contribution in [0.1, 0.15) is 0 Å². The molecule has 0 amide bonds. The van der Waals surface area contributed by atoms with Gasteiger partial charge >= 0.3 is 0 Å². The number of hydrogen-bond donors (Lipinski definition) is 0. The number of likely N-dealkylation sites (N-methyl/N-ethyl adjacent to an activating group) is 1. The summed E-state index contributed by atoms with van der Waals surface area (Å²) in [6, 6.07) is 15.5. The first-order chi connectivity index (χ1) is 11.3. The highest BCUT2D eigenvalue weighted by Gasteiger charge is 2.08. The van der Waals surface area contributed by atoms with Crippen LogP contribution in [0.4, 0.5) is 0 Å². The number of aromatic nitrogens is 1. The molecule has 0 spiro atoms. The van der Waals surface area contributed by atoms with Crippen LogP contribution in [0.15, 0.2) is 59.6 Å². The minimum absolute atomic E-state index is 0.349. The first-order valence-corrected chi connectivity index (χ1v) is 9.78. The van der Waals surface area contributed by atoms with E-state index >= 15 is 0 Å². The summed E-state index contributed by atoms with van der Waals surface area (Å²) in [7, 11) is 0.981. The van der Waals surface area contributed by atoms with Crippen LogP contribution in [0.2, 0.25) is 0 Å². The van der Waals surface area contributed by atoms with Crippen LogP contribution in [-0.4, -0.2) is 44.8 Å². The normalized spacial score (nSPS) is 12.2. The van der Waals surface area contributed by atoms with Gasteiger partial charge < -0.3 is 9.47 Å². The zero-order chi connectivity index (χ0) is 17.3. The Morgan fingerprint density at radius 1 is 0.958 bits per heavy atom. The second-order valence-corrected chi connectivity index (χ2v) is 8.40. The van der Waals surface area contributed by atoms with Gasteiger partial charge in [0.2, 0.25) is 0 Å². The van der Waals surface area contributed by atoms with Gasteiger partial charge in [-0.3, -0.25) is 0 Å². The third-order valence-corrected chi connectivity index (χ3v) is 5.31. The molecule has 0 radical (unpaired) electrons. The molecule has 4 nitrogen and oxygen atoms in total. The molecule has 0 aliphatic rings. The third kappa shape index (κ3) is 3.52. The Kier molecular flexibility index (Phi) is 4.47. The summed E-state index contributed by atoms with van der Waals surface area (Å²) in [6.07, 6.45) is 3.34. The van der Waals surface area contributed by atoms with Gasteiger partial charge in [0.25, 0.3) is 0 Å². The van der Waals surface area contributed by atoms with E-state index in [9.17, 15) is 8.42 Å². The Bertz CT molecular complexity index is 955. The second-order valence-electron chi connectivity index (χ2n) is 6.38. The zero-order valence-corrected chi connectivity index (χ0v) is 15.0. The summed E-state index contributed by atoms with van der Waals surface area (Å²) < 4.78 is 25.4. The topological polar surface area (TPSA) is 42.3 Å². The highest BCUT2D eigenvalue weighted by Crippen LogP contribution is 2.26. The van der Waals surface area contributed by atoms with E-state index in [1.165, 1.54) is 17.2 Å². The molecule has 1 aromatic heterocycles. The molecule has 0 fully saturated rings. The molecule has 0 saturated carbocycles. The van der Waals surface area contributed by atoms with Crippen molar-refractivity contribution in [2.24, 2.45) is 0 Å². The number of nitrogens with zero attached hydrogens (tertiary/aromatic N) is 2. The highest BCUT2D eigenvalue weighted by atomic mass is 32.2. The van der Waals surface area contributed by atoms with Crippen molar-refractivity contribution in [3.63, 3.8) is 0 Å². The van der Waals surface area contributed by atoms with Crippen molar-refractivity contribution in [2.75, 3.05) is 26.9 Å². The Hall–Kier alpha value is -2.11. The molecule has 24 heavy (non-hydrogen) atoms. The maximum absolute atomic E-state index is 11.6. The fourth-order valence-corrected chi connectivity index (χ4v) is 3.39. The Labute approximate surface area is 143 Å². The molecular formula is C19H22N2O2S. The average Bonchev–Trinajstić information content (AvgIpc) is 2.94. The second kappa shape index (κ2) is 6.42. The van der Waals surface area contributed by atoms with Crippen LogP contribution in [-0.2, 0) is 16.4 Å². The molecule has 0 atom stereocenters. The van der Waals surface area contributed by atoms with Gasteiger partial charge in [-0.15, -0.1) is 0 Å². The minimum atomic E-state index is -3.16. The summed E-state index contributed by atoms with van der Waals surface area (Å²) in [5, 5.41) is 1.21. The van der Waals surface area contributed by atoms with Crippen LogP contribution in [0, 0.1) is 0 Å². The molecule has 0 bridgehead atoms. The molecule has 1 heterocycles. The van der Waals surface area contributed by atoms with Gasteiger partial charge in [-0.2, -0.15) is 0 Å². The van der Waals surface area contributed by atoms with Crippen LogP contribution >= 0.6 is 0 Å². The van der Waals surface area contributed by atoms with Crippen molar-refractivity contribution in [3.05, 3.63) is 54.7 Å². The predicted octanol–water partition coefficient (Wildman–Crippen LogP) is 3.27. The monoisotopic (exact) mass is 342 g/mol. The Balaban J connectivity index is 1.96. The van der Waals surface area contributed by atoms with Gasteiger partial charge in [-0.1, -0.05) is 24.3 Å². The maximum atomic E-state index is 11.6. The quantitative estimate of drug-likeness (QED) is 0.715.